The number of para-hydroxylation sites is 1. The third-order valence-corrected chi connectivity index (χ3v) is 6.01. The van der Waals surface area contributed by atoms with E-state index in [2.05, 4.69) is 18.6 Å². The minimum Gasteiger partial charge on any atom is -0.279 e. The first kappa shape index (κ1) is 17.8. The first-order chi connectivity index (χ1) is 10.8. The van der Waals surface area contributed by atoms with Crippen LogP contribution in [0.4, 0.5) is 5.69 Å². The largest absolute Gasteiger partial charge is 0.279 e. The van der Waals surface area contributed by atoms with Crippen LogP contribution in [0.15, 0.2) is 41.3 Å². The highest BCUT2D eigenvalue weighted by atomic mass is 35.5. The first-order valence-corrected chi connectivity index (χ1v) is 9.51. The molecule has 0 aliphatic heterocycles. The zero-order valence-corrected chi connectivity index (χ0v) is 15.4. The average molecular weight is 352 g/mol. The zero-order chi connectivity index (χ0) is 17.2. The second-order valence-corrected chi connectivity index (χ2v) is 7.93. The Morgan fingerprint density at radius 2 is 1.78 bits per heavy atom. The van der Waals surface area contributed by atoms with E-state index in [0.717, 1.165) is 17.5 Å². The molecular formula is C18H22ClNO2S. The molecule has 5 heteroatoms. The van der Waals surface area contributed by atoms with Gasteiger partial charge in [-0.2, -0.15) is 0 Å². The maximum atomic E-state index is 12.8. The van der Waals surface area contributed by atoms with Crippen molar-refractivity contribution in [2.75, 3.05) is 4.72 Å². The first-order valence-electron chi connectivity index (χ1n) is 7.64. The van der Waals surface area contributed by atoms with Gasteiger partial charge in [-0.15, -0.1) is 0 Å². The second kappa shape index (κ2) is 6.93. The van der Waals surface area contributed by atoms with Gasteiger partial charge in [0.25, 0.3) is 10.0 Å². The molecule has 23 heavy (non-hydrogen) atoms. The molecule has 0 spiro atoms. The summed E-state index contributed by atoms with van der Waals surface area (Å²) < 4.78 is 28.3. The Kier molecular flexibility index (Phi) is 5.37. The molecule has 124 valence electrons. The molecule has 2 aromatic carbocycles. The lowest BCUT2D eigenvalue weighted by Crippen LogP contribution is -2.16. The number of hydrogen-bond acceptors (Lipinski definition) is 2. The minimum absolute atomic E-state index is 0.262. The van der Waals surface area contributed by atoms with Crippen molar-refractivity contribution in [3.05, 3.63) is 58.1 Å². The summed E-state index contributed by atoms with van der Waals surface area (Å²) in [5.74, 6) is 0.280. The Morgan fingerprint density at radius 3 is 2.43 bits per heavy atom. The molecule has 1 unspecified atom stereocenters. The fraction of sp³-hybridized carbons (Fsp3) is 0.333. The van der Waals surface area contributed by atoms with Crippen molar-refractivity contribution in [1.82, 2.24) is 0 Å². The van der Waals surface area contributed by atoms with Crippen LogP contribution in [0.25, 0.3) is 0 Å². The van der Waals surface area contributed by atoms with Crippen LogP contribution in [0.5, 0.6) is 0 Å². The maximum absolute atomic E-state index is 12.8. The van der Waals surface area contributed by atoms with Crippen LogP contribution < -0.4 is 4.72 Å². The highest BCUT2D eigenvalue weighted by Crippen LogP contribution is 2.30. The van der Waals surface area contributed by atoms with Gasteiger partial charge in [0, 0.05) is 5.02 Å². The van der Waals surface area contributed by atoms with Gasteiger partial charge in [0.05, 0.1) is 10.6 Å². The molecule has 0 aromatic heterocycles. The van der Waals surface area contributed by atoms with E-state index in [1.807, 2.05) is 18.2 Å². The van der Waals surface area contributed by atoms with Gasteiger partial charge >= 0.3 is 0 Å². The molecule has 3 nitrogen and oxygen atoms in total. The summed E-state index contributed by atoms with van der Waals surface area (Å²) in [6, 6.07) is 10.8. The van der Waals surface area contributed by atoms with Crippen molar-refractivity contribution in [2.45, 2.75) is 44.9 Å². The van der Waals surface area contributed by atoms with E-state index in [0.29, 0.717) is 16.3 Å². The van der Waals surface area contributed by atoms with Crippen LogP contribution in [-0.4, -0.2) is 8.42 Å². The number of hydrogen-bond donors (Lipinski definition) is 1. The maximum Gasteiger partial charge on any atom is 0.262 e. The van der Waals surface area contributed by atoms with Crippen LogP contribution in [0, 0.1) is 13.8 Å². The number of aryl methyl sites for hydroxylation is 2. The van der Waals surface area contributed by atoms with Crippen molar-refractivity contribution in [1.29, 1.82) is 0 Å². The third-order valence-electron chi connectivity index (χ3n) is 4.09. The van der Waals surface area contributed by atoms with Gasteiger partial charge in [-0.1, -0.05) is 43.6 Å². The summed E-state index contributed by atoms with van der Waals surface area (Å²) in [6.07, 6.45) is 0.942. The summed E-state index contributed by atoms with van der Waals surface area (Å²) in [5.41, 5.74) is 3.01. The molecule has 0 saturated heterocycles. The summed E-state index contributed by atoms with van der Waals surface area (Å²) in [7, 11) is -3.66. The monoisotopic (exact) mass is 351 g/mol. The van der Waals surface area contributed by atoms with E-state index in [1.165, 1.54) is 0 Å². The molecule has 0 heterocycles. The summed E-state index contributed by atoms with van der Waals surface area (Å²) in [4.78, 5) is 0.262. The molecule has 0 fully saturated rings. The summed E-state index contributed by atoms with van der Waals surface area (Å²) in [5, 5.41) is 0.571. The third kappa shape index (κ3) is 3.88. The van der Waals surface area contributed by atoms with Gasteiger partial charge in [0.1, 0.15) is 0 Å². The average Bonchev–Trinajstić information content (AvgIpc) is 2.50. The van der Waals surface area contributed by atoms with Crippen molar-refractivity contribution >= 4 is 27.3 Å². The molecule has 0 aliphatic rings. The molecule has 0 radical (unpaired) electrons. The Bertz CT molecular complexity index is 816. The molecule has 0 aliphatic carbocycles. The van der Waals surface area contributed by atoms with Crippen LogP contribution >= 0.6 is 11.6 Å². The van der Waals surface area contributed by atoms with Crippen molar-refractivity contribution in [3.63, 3.8) is 0 Å². The highest BCUT2D eigenvalue weighted by Gasteiger charge is 2.20. The van der Waals surface area contributed by atoms with Crippen LogP contribution in [0.1, 0.15) is 42.9 Å². The standard InChI is InChI=1S/C18H22ClNO2S/c1-5-12(2)15-8-6-7-9-17(15)20-23(21,22)18-11-13(3)16(19)10-14(18)4/h6-12,20H,5H2,1-4H3. The molecule has 0 amide bonds. The molecule has 2 rings (SSSR count). The Labute approximate surface area is 143 Å². The number of anilines is 1. The van der Waals surface area contributed by atoms with Crippen LogP contribution in [0.2, 0.25) is 5.02 Å². The fourth-order valence-electron chi connectivity index (χ4n) is 2.48. The van der Waals surface area contributed by atoms with Crippen LogP contribution in [-0.2, 0) is 10.0 Å². The summed E-state index contributed by atoms with van der Waals surface area (Å²) in [6.45, 7) is 7.72. The Hall–Kier alpha value is -1.52. The van der Waals surface area contributed by atoms with Gasteiger partial charge in [-0.05, 0) is 61.1 Å². The van der Waals surface area contributed by atoms with Gasteiger partial charge in [0.2, 0.25) is 0 Å². The number of rotatable bonds is 5. The van der Waals surface area contributed by atoms with E-state index >= 15 is 0 Å². The van der Waals surface area contributed by atoms with Gasteiger partial charge < -0.3 is 0 Å². The minimum atomic E-state index is -3.66. The molecule has 0 saturated carbocycles. The lowest BCUT2D eigenvalue weighted by molar-refractivity contribution is 0.600. The van der Waals surface area contributed by atoms with Gasteiger partial charge in [-0.25, -0.2) is 8.42 Å². The normalized spacial score (nSPS) is 12.9. The predicted molar refractivity (Wildman–Crippen MR) is 96.9 cm³/mol. The van der Waals surface area contributed by atoms with E-state index in [9.17, 15) is 8.42 Å². The number of sulfonamides is 1. The van der Waals surface area contributed by atoms with Crippen LogP contribution in [0.3, 0.4) is 0 Å². The predicted octanol–water partition coefficient (Wildman–Crippen LogP) is 5.27. The number of nitrogens with one attached hydrogen (secondary N) is 1. The topological polar surface area (TPSA) is 46.2 Å². The SMILES string of the molecule is CCC(C)c1ccccc1NS(=O)(=O)c1cc(C)c(Cl)cc1C. The Morgan fingerprint density at radius 1 is 1.13 bits per heavy atom. The lowest BCUT2D eigenvalue weighted by atomic mass is 9.97. The van der Waals surface area contributed by atoms with Gasteiger partial charge in [-0.3, -0.25) is 4.72 Å². The second-order valence-electron chi connectivity index (χ2n) is 5.87. The zero-order valence-electron chi connectivity index (χ0n) is 13.9. The molecule has 0 bridgehead atoms. The van der Waals surface area contributed by atoms with Gasteiger partial charge in [0.15, 0.2) is 0 Å². The quantitative estimate of drug-likeness (QED) is 0.797. The molecular weight excluding hydrogens is 330 g/mol. The number of halogens is 1. The summed E-state index contributed by atoms with van der Waals surface area (Å²) >= 11 is 6.07. The van der Waals surface area contributed by atoms with E-state index < -0.39 is 10.0 Å². The molecule has 2 aromatic rings. The van der Waals surface area contributed by atoms with Crippen molar-refractivity contribution < 1.29 is 8.42 Å². The Balaban J connectivity index is 2.46. The molecule has 1 atom stereocenters. The highest BCUT2D eigenvalue weighted by molar-refractivity contribution is 7.92. The van der Waals surface area contributed by atoms with Crippen molar-refractivity contribution in [2.24, 2.45) is 0 Å². The van der Waals surface area contributed by atoms with Crippen molar-refractivity contribution in [3.8, 4) is 0 Å². The van der Waals surface area contributed by atoms with E-state index in [4.69, 9.17) is 11.6 Å². The molecule has 1 N–H and O–H groups in total. The smallest absolute Gasteiger partial charge is 0.262 e. The fourth-order valence-corrected chi connectivity index (χ4v) is 4.10. The van der Waals surface area contributed by atoms with E-state index in [1.54, 1.807) is 32.0 Å². The lowest BCUT2D eigenvalue weighted by Gasteiger charge is -2.17. The number of benzene rings is 2. The van der Waals surface area contributed by atoms with E-state index in [-0.39, 0.29) is 10.8 Å².